The lowest BCUT2D eigenvalue weighted by Gasteiger charge is -2.10. The van der Waals surface area contributed by atoms with E-state index in [1.54, 1.807) is 6.07 Å². The van der Waals surface area contributed by atoms with Crippen molar-refractivity contribution in [3.63, 3.8) is 0 Å². The Bertz CT molecular complexity index is 495. The third kappa shape index (κ3) is 3.82. The van der Waals surface area contributed by atoms with Crippen LogP contribution in [0.3, 0.4) is 0 Å². The highest BCUT2D eigenvalue weighted by Crippen LogP contribution is 2.41. The first-order chi connectivity index (χ1) is 8.47. The van der Waals surface area contributed by atoms with Crippen LogP contribution in [0.4, 0.5) is 0 Å². The number of phenolic OH excluding ortho intramolecular Hbond substituents is 1. The largest absolute Gasteiger partial charge is 0.503 e. The van der Waals surface area contributed by atoms with Crippen LogP contribution in [0, 0.1) is 0 Å². The second-order valence-corrected chi connectivity index (χ2v) is 5.13. The number of benzene rings is 1. The van der Waals surface area contributed by atoms with Crippen LogP contribution in [0.2, 0.25) is 0 Å². The number of hydrogen-bond acceptors (Lipinski definition) is 4. The van der Waals surface area contributed by atoms with Crippen molar-refractivity contribution in [2.45, 2.75) is 6.92 Å². The van der Waals surface area contributed by atoms with E-state index in [0.29, 0.717) is 26.9 Å². The summed E-state index contributed by atoms with van der Waals surface area (Å²) >= 11 is 11.2. The van der Waals surface area contributed by atoms with Gasteiger partial charge in [0.2, 0.25) is 0 Å². The third-order valence-electron chi connectivity index (χ3n) is 1.85. The molecular formula is C10H11Br2N3O2S. The number of aromatic hydroxyl groups is 1. The molecule has 8 heteroatoms. The molecule has 0 aromatic heterocycles. The number of phenols is 1. The summed E-state index contributed by atoms with van der Waals surface area (Å²) in [6.07, 6.45) is 1.51. The van der Waals surface area contributed by atoms with E-state index < -0.39 is 0 Å². The first-order valence-electron chi connectivity index (χ1n) is 4.89. The topological polar surface area (TPSA) is 79.9 Å². The fraction of sp³-hybridized carbons (Fsp3) is 0.200. The van der Waals surface area contributed by atoms with Crippen LogP contribution in [0.1, 0.15) is 12.5 Å². The predicted octanol–water partition coefficient (Wildman–Crippen LogP) is 2.48. The second kappa shape index (κ2) is 6.91. The molecule has 18 heavy (non-hydrogen) atoms. The molecular weight excluding hydrogens is 386 g/mol. The molecule has 0 aliphatic carbocycles. The maximum Gasteiger partial charge on any atom is 0.184 e. The van der Waals surface area contributed by atoms with Gasteiger partial charge in [-0.25, -0.2) is 0 Å². The van der Waals surface area contributed by atoms with Gasteiger partial charge in [0.05, 0.1) is 17.3 Å². The fourth-order valence-electron chi connectivity index (χ4n) is 1.14. The van der Waals surface area contributed by atoms with Crippen LogP contribution in [0.5, 0.6) is 11.5 Å². The van der Waals surface area contributed by atoms with Crippen molar-refractivity contribution in [2.75, 3.05) is 6.61 Å². The Morgan fingerprint density at radius 1 is 1.61 bits per heavy atom. The molecule has 1 rings (SSSR count). The predicted molar refractivity (Wildman–Crippen MR) is 82.2 cm³/mol. The number of hydrazone groups is 1. The molecule has 0 unspecified atom stereocenters. The van der Waals surface area contributed by atoms with Crippen LogP contribution < -0.4 is 15.9 Å². The van der Waals surface area contributed by atoms with Gasteiger partial charge in [0, 0.05) is 10.0 Å². The molecule has 4 N–H and O–H groups in total. The number of halogens is 2. The van der Waals surface area contributed by atoms with Gasteiger partial charge < -0.3 is 15.6 Å². The second-order valence-electron chi connectivity index (χ2n) is 3.11. The summed E-state index contributed by atoms with van der Waals surface area (Å²) in [5.41, 5.74) is 8.39. The average Bonchev–Trinajstić information content (AvgIpc) is 2.32. The zero-order valence-corrected chi connectivity index (χ0v) is 13.4. The van der Waals surface area contributed by atoms with Gasteiger partial charge in [-0.3, -0.25) is 5.43 Å². The maximum atomic E-state index is 9.84. The van der Waals surface area contributed by atoms with E-state index in [1.165, 1.54) is 6.21 Å². The van der Waals surface area contributed by atoms with Crippen molar-refractivity contribution in [2.24, 2.45) is 10.8 Å². The molecule has 0 atom stereocenters. The quantitative estimate of drug-likeness (QED) is 0.414. The minimum absolute atomic E-state index is 0.0307. The molecule has 1 aromatic rings. The summed E-state index contributed by atoms with van der Waals surface area (Å²) in [5, 5.41) is 13.8. The molecule has 0 fully saturated rings. The molecule has 1 aromatic carbocycles. The molecule has 0 aliphatic rings. The Morgan fingerprint density at radius 3 is 2.83 bits per heavy atom. The van der Waals surface area contributed by atoms with E-state index in [4.69, 9.17) is 10.5 Å². The van der Waals surface area contributed by atoms with E-state index in [9.17, 15) is 5.11 Å². The van der Waals surface area contributed by atoms with Crippen LogP contribution in [0.15, 0.2) is 20.1 Å². The standard InChI is InChI=1S/C10H11Br2N3O2S/c1-2-17-6-3-5(4-14-15-10(13)18)7(11)8(12)9(6)16/h3-4,16H,2H2,1H3,(H3,13,15,18)/b14-4+. The highest BCUT2D eigenvalue weighted by atomic mass is 79.9. The van der Waals surface area contributed by atoms with E-state index in [-0.39, 0.29) is 10.9 Å². The molecule has 0 saturated heterocycles. The molecule has 0 aliphatic heterocycles. The first-order valence-corrected chi connectivity index (χ1v) is 6.89. The number of thiocarbonyl (C=S) groups is 1. The monoisotopic (exact) mass is 395 g/mol. The first kappa shape index (κ1) is 15.2. The summed E-state index contributed by atoms with van der Waals surface area (Å²) in [4.78, 5) is 0. The fourth-order valence-corrected chi connectivity index (χ4v) is 2.02. The lowest BCUT2D eigenvalue weighted by Crippen LogP contribution is -2.24. The van der Waals surface area contributed by atoms with Gasteiger partial charge in [0.15, 0.2) is 16.6 Å². The Balaban J connectivity index is 3.11. The minimum atomic E-state index is 0.0307. The molecule has 0 amide bonds. The van der Waals surface area contributed by atoms with Crippen molar-refractivity contribution < 1.29 is 9.84 Å². The molecule has 0 saturated carbocycles. The summed E-state index contributed by atoms with van der Waals surface area (Å²) in [7, 11) is 0. The van der Waals surface area contributed by atoms with E-state index in [1.807, 2.05) is 6.92 Å². The lowest BCUT2D eigenvalue weighted by molar-refractivity contribution is 0.317. The Kier molecular flexibility index (Phi) is 5.83. The van der Waals surface area contributed by atoms with Gasteiger partial charge in [-0.2, -0.15) is 5.10 Å². The Hall–Kier alpha value is -0.860. The van der Waals surface area contributed by atoms with Gasteiger partial charge in [-0.1, -0.05) is 0 Å². The Morgan fingerprint density at radius 2 is 2.28 bits per heavy atom. The molecule has 0 heterocycles. The summed E-state index contributed by atoms with van der Waals surface area (Å²) in [6, 6.07) is 1.65. The number of rotatable bonds is 4. The summed E-state index contributed by atoms with van der Waals surface area (Å²) in [6.45, 7) is 2.28. The normalized spacial score (nSPS) is 10.6. The van der Waals surface area contributed by atoms with Gasteiger partial charge >= 0.3 is 0 Å². The van der Waals surface area contributed by atoms with Gasteiger partial charge in [0.1, 0.15) is 0 Å². The van der Waals surface area contributed by atoms with E-state index in [2.05, 4.69) is 54.6 Å². The highest BCUT2D eigenvalue weighted by Gasteiger charge is 2.14. The molecule has 98 valence electrons. The molecule has 0 spiro atoms. The van der Waals surface area contributed by atoms with Crippen molar-refractivity contribution >= 4 is 55.4 Å². The minimum Gasteiger partial charge on any atom is -0.503 e. The average molecular weight is 397 g/mol. The maximum absolute atomic E-state index is 9.84. The van der Waals surface area contributed by atoms with Crippen LogP contribution in [-0.4, -0.2) is 23.0 Å². The zero-order valence-electron chi connectivity index (χ0n) is 9.41. The van der Waals surface area contributed by atoms with E-state index >= 15 is 0 Å². The number of nitrogens with two attached hydrogens (primary N) is 1. The molecule has 5 nitrogen and oxygen atoms in total. The van der Waals surface area contributed by atoms with E-state index in [0.717, 1.165) is 0 Å². The number of hydrogen-bond donors (Lipinski definition) is 3. The van der Waals surface area contributed by atoms with Crippen LogP contribution >= 0.6 is 44.1 Å². The molecule has 0 radical (unpaired) electrons. The van der Waals surface area contributed by atoms with Crippen molar-refractivity contribution in [3.8, 4) is 11.5 Å². The van der Waals surface area contributed by atoms with Gasteiger partial charge in [-0.15, -0.1) is 0 Å². The van der Waals surface area contributed by atoms with Crippen molar-refractivity contribution in [3.05, 3.63) is 20.6 Å². The van der Waals surface area contributed by atoms with Gasteiger partial charge in [0.25, 0.3) is 0 Å². The van der Waals surface area contributed by atoms with Crippen molar-refractivity contribution in [1.82, 2.24) is 5.43 Å². The summed E-state index contributed by atoms with van der Waals surface area (Å²) in [5.74, 6) is 0.396. The van der Waals surface area contributed by atoms with Crippen LogP contribution in [0.25, 0.3) is 0 Å². The number of nitrogens with one attached hydrogen (secondary N) is 1. The number of nitrogens with zero attached hydrogens (tertiary/aromatic N) is 1. The number of ether oxygens (including phenoxy) is 1. The zero-order chi connectivity index (χ0) is 13.7. The SMILES string of the molecule is CCOc1cc(/C=N/NC(N)=S)c(Br)c(Br)c1O. The molecule has 0 bridgehead atoms. The smallest absolute Gasteiger partial charge is 0.184 e. The van der Waals surface area contributed by atoms with Crippen molar-refractivity contribution in [1.29, 1.82) is 0 Å². The highest BCUT2D eigenvalue weighted by molar-refractivity contribution is 9.13. The lowest BCUT2D eigenvalue weighted by atomic mass is 10.2. The summed E-state index contributed by atoms with van der Waals surface area (Å²) < 4.78 is 6.45. The van der Waals surface area contributed by atoms with Crippen LogP contribution in [-0.2, 0) is 0 Å². The van der Waals surface area contributed by atoms with Gasteiger partial charge in [-0.05, 0) is 57.1 Å². The third-order valence-corrected chi connectivity index (χ3v) is 4.10. The Labute approximate surface area is 127 Å².